The summed E-state index contributed by atoms with van der Waals surface area (Å²) in [5.41, 5.74) is 0.832. The zero-order chi connectivity index (χ0) is 12.2. The van der Waals surface area contributed by atoms with Gasteiger partial charge in [-0.25, -0.2) is 0 Å². The lowest BCUT2D eigenvalue weighted by Crippen LogP contribution is -2.18. The first-order chi connectivity index (χ1) is 7.42. The van der Waals surface area contributed by atoms with Crippen molar-refractivity contribution in [3.05, 3.63) is 31.2 Å². The number of alkyl halides is 3. The van der Waals surface area contributed by atoms with Gasteiger partial charge in [0.1, 0.15) is 5.75 Å². The quantitative estimate of drug-likeness (QED) is 0.790. The van der Waals surface area contributed by atoms with Crippen molar-refractivity contribution in [2.75, 3.05) is 18.5 Å². The van der Waals surface area contributed by atoms with Crippen molar-refractivity contribution < 1.29 is 17.9 Å². The molecule has 1 rings (SSSR count). The molecule has 0 spiro atoms. The Labute approximate surface area is 92.6 Å². The standard InChI is InChI=1S/C11H13F3NO/c1-3-8-15(2)9-4-6-10(7-5-9)16-11(12,13)14/h4-7H,1,3,8H2,2H3. The highest BCUT2D eigenvalue weighted by atomic mass is 19.4. The molecule has 0 amide bonds. The first kappa shape index (κ1) is 12.7. The van der Waals surface area contributed by atoms with Crippen molar-refractivity contribution in [3.63, 3.8) is 0 Å². The molecule has 0 aliphatic rings. The van der Waals surface area contributed by atoms with Crippen molar-refractivity contribution in [1.29, 1.82) is 0 Å². The van der Waals surface area contributed by atoms with Gasteiger partial charge in [0.25, 0.3) is 0 Å². The van der Waals surface area contributed by atoms with E-state index in [0.29, 0.717) is 0 Å². The van der Waals surface area contributed by atoms with E-state index in [1.807, 2.05) is 11.9 Å². The first-order valence-electron chi connectivity index (χ1n) is 4.78. The zero-order valence-electron chi connectivity index (χ0n) is 8.92. The van der Waals surface area contributed by atoms with E-state index in [-0.39, 0.29) is 5.75 Å². The molecule has 0 unspecified atom stereocenters. The van der Waals surface area contributed by atoms with E-state index in [1.54, 1.807) is 12.1 Å². The van der Waals surface area contributed by atoms with Crippen LogP contribution in [-0.4, -0.2) is 20.0 Å². The molecule has 0 saturated carbocycles. The number of ether oxygens (including phenoxy) is 1. The van der Waals surface area contributed by atoms with E-state index in [9.17, 15) is 13.2 Å². The Balaban J connectivity index is 2.68. The van der Waals surface area contributed by atoms with Crippen LogP contribution in [0.15, 0.2) is 24.3 Å². The van der Waals surface area contributed by atoms with Crippen LogP contribution in [0.3, 0.4) is 0 Å². The van der Waals surface area contributed by atoms with E-state index in [4.69, 9.17) is 0 Å². The fraction of sp³-hybridized carbons (Fsp3) is 0.364. The average molecular weight is 232 g/mol. The molecule has 0 aromatic heterocycles. The Kier molecular flexibility index (Phi) is 4.04. The summed E-state index contributed by atoms with van der Waals surface area (Å²) in [7, 11) is 1.85. The third kappa shape index (κ3) is 4.00. The summed E-state index contributed by atoms with van der Waals surface area (Å²) in [4.78, 5) is 1.91. The Morgan fingerprint density at radius 1 is 1.25 bits per heavy atom. The highest BCUT2D eigenvalue weighted by Gasteiger charge is 2.30. The van der Waals surface area contributed by atoms with E-state index in [0.717, 1.165) is 18.7 Å². The van der Waals surface area contributed by atoms with Gasteiger partial charge < -0.3 is 9.64 Å². The first-order valence-corrected chi connectivity index (χ1v) is 4.78. The van der Waals surface area contributed by atoms with Crippen molar-refractivity contribution in [3.8, 4) is 5.75 Å². The van der Waals surface area contributed by atoms with Crippen LogP contribution in [0.4, 0.5) is 18.9 Å². The molecule has 5 heteroatoms. The molecule has 0 aliphatic heterocycles. The normalized spacial score (nSPS) is 11.3. The average Bonchev–Trinajstić information content (AvgIpc) is 2.16. The molecule has 0 N–H and O–H groups in total. The second kappa shape index (κ2) is 5.09. The van der Waals surface area contributed by atoms with Crippen molar-refractivity contribution in [1.82, 2.24) is 0 Å². The van der Waals surface area contributed by atoms with E-state index < -0.39 is 6.36 Å². The van der Waals surface area contributed by atoms with E-state index >= 15 is 0 Å². The molecule has 0 aliphatic carbocycles. The molecule has 0 heterocycles. The summed E-state index contributed by atoms with van der Waals surface area (Å²) < 4.78 is 39.4. The highest BCUT2D eigenvalue weighted by Crippen LogP contribution is 2.24. The second-order valence-corrected chi connectivity index (χ2v) is 3.32. The molecule has 1 aromatic rings. The van der Waals surface area contributed by atoms with Crippen LogP contribution in [0.5, 0.6) is 5.75 Å². The van der Waals surface area contributed by atoms with Gasteiger partial charge in [0.15, 0.2) is 0 Å². The maximum Gasteiger partial charge on any atom is 0.573 e. The summed E-state index contributed by atoms with van der Waals surface area (Å²) in [5, 5.41) is 0. The van der Waals surface area contributed by atoms with Crippen LogP contribution in [-0.2, 0) is 0 Å². The summed E-state index contributed by atoms with van der Waals surface area (Å²) in [6.07, 6.45) is -3.90. The number of nitrogens with zero attached hydrogens (tertiary/aromatic N) is 1. The maximum absolute atomic E-state index is 11.9. The van der Waals surface area contributed by atoms with Crippen molar-refractivity contribution in [2.24, 2.45) is 0 Å². The van der Waals surface area contributed by atoms with Crippen LogP contribution in [0.25, 0.3) is 0 Å². The Bertz CT molecular complexity index is 321. The summed E-state index contributed by atoms with van der Waals surface area (Å²) in [6, 6.07) is 5.75. The molecule has 1 radical (unpaired) electrons. The van der Waals surface area contributed by atoms with Crippen LogP contribution in [0.2, 0.25) is 0 Å². The van der Waals surface area contributed by atoms with Crippen molar-refractivity contribution >= 4 is 5.69 Å². The largest absolute Gasteiger partial charge is 0.573 e. The lowest BCUT2D eigenvalue weighted by molar-refractivity contribution is -0.274. The molecule has 0 fully saturated rings. The molecule has 1 aromatic carbocycles. The predicted molar refractivity (Wildman–Crippen MR) is 56.4 cm³/mol. The summed E-state index contributed by atoms with van der Waals surface area (Å²) >= 11 is 0. The molecule has 0 saturated heterocycles. The number of rotatable bonds is 4. The number of halogens is 3. The minimum absolute atomic E-state index is 0.209. The lowest BCUT2D eigenvalue weighted by atomic mass is 10.2. The minimum Gasteiger partial charge on any atom is -0.406 e. The molecule has 0 atom stereocenters. The molecule has 16 heavy (non-hydrogen) atoms. The minimum atomic E-state index is -4.64. The third-order valence-corrected chi connectivity index (χ3v) is 2.00. The Morgan fingerprint density at radius 2 is 1.81 bits per heavy atom. The van der Waals surface area contributed by atoms with Gasteiger partial charge in [-0.1, -0.05) is 6.92 Å². The summed E-state index contributed by atoms with van der Waals surface area (Å²) in [5.74, 6) is -0.209. The third-order valence-electron chi connectivity index (χ3n) is 2.00. The van der Waals surface area contributed by atoms with Gasteiger partial charge in [-0.2, -0.15) is 0 Å². The fourth-order valence-electron chi connectivity index (χ4n) is 1.27. The van der Waals surface area contributed by atoms with E-state index in [1.165, 1.54) is 12.1 Å². The van der Waals surface area contributed by atoms with Gasteiger partial charge in [0, 0.05) is 19.3 Å². The number of benzene rings is 1. The van der Waals surface area contributed by atoms with Gasteiger partial charge in [-0.15, -0.1) is 13.2 Å². The molecular formula is C11H13F3NO. The van der Waals surface area contributed by atoms with Gasteiger partial charge in [-0.3, -0.25) is 0 Å². The number of anilines is 1. The molecule has 89 valence electrons. The predicted octanol–water partition coefficient (Wildman–Crippen LogP) is 3.25. The van der Waals surface area contributed by atoms with Crippen LogP contribution >= 0.6 is 0 Å². The lowest BCUT2D eigenvalue weighted by Gasteiger charge is -2.18. The smallest absolute Gasteiger partial charge is 0.406 e. The SMILES string of the molecule is [CH2]CCN(C)c1ccc(OC(F)(F)F)cc1. The Morgan fingerprint density at radius 3 is 2.25 bits per heavy atom. The van der Waals surface area contributed by atoms with Gasteiger partial charge in [0.05, 0.1) is 0 Å². The fourth-order valence-corrected chi connectivity index (χ4v) is 1.27. The maximum atomic E-state index is 11.9. The van der Waals surface area contributed by atoms with Gasteiger partial charge >= 0.3 is 6.36 Å². The topological polar surface area (TPSA) is 12.5 Å². The Hall–Kier alpha value is -1.39. The van der Waals surface area contributed by atoms with Gasteiger partial charge in [0.2, 0.25) is 0 Å². The highest BCUT2D eigenvalue weighted by molar-refractivity contribution is 5.48. The number of hydrogen-bond donors (Lipinski definition) is 0. The molecule has 0 bridgehead atoms. The van der Waals surface area contributed by atoms with Gasteiger partial charge in [-0.05, 0) is 30.7 Å². The van der Waals surface area contributed by atoms with Crippen LogP contribution in [0, 0.1) is 6.92 Å². The van der Waals surface area contributed by atoms with Crippen molar-refractivity contribution in [2.45, 2.75) is 12.8 Å². The van der Waals surface area contributed by atoms with E-state index in [2.05, 4.69) is 11.7 Å². The van der Waals surface area contributed by atoms with Crippen LogP contribution in [0.1, 0.15) is 6.42 Å². The monoisotopic (exact) mass is 232 g/mol. The summed E-state index contributed by atoms with van der Waals surface area (Å²) in [6.45, 7) is 4.45. The second-order valence-electron chi connectivity index (χ2n) is 3.32. The number of hydrogen-bond acceptors (Lipinski definition) is 2. The van der Waals surface area contributed by atoms with Crippen LogP contribution < -0.4 is 9.64 Å². The molecular weight excluding hydrogens is 219 g/mol. The molecule has 2 nitrogen and oxygen atoms in total. The zero-order valence-corrected chi connectivity index (χ0v) is 8.92.